The normalized spacial score (nSPS) is 15.1. The molecular formula is C26H20FNO5. The third-order valence-corrected chi connectivity index (χ3v) is 5.67. The van der Waals surface area contributed by atoms with E-state index in [9.17, 15) is 14.0 Å². The smallest absolute Gasteiger partial charge is 0.295 e. The number of halogens is 1. The molecule has 0 radical (unpaired) electrons. The lowest BCUT2D eigenvalue weighted by Crippen LogP contribution is -2.29. The van der Waals surface area contributed by atoms with Gasteiger partial charge in [-0.2, -0.15) is 0 Å². The summed E-state index contributed by atoms with van der Waals surface area (Å²) in [4.78, 5) is 28.6. The molecule has 1 amide bonds. The number of benzene rings is 3. The fraction of sp³-hybridized carbons (Fsp3) is 0.154. The number of methoxy groups -OCH3 is 1. The van der Waals surface area contributed by atoms with Crippen molar-refractivity contribution in [3.63, 3.8) is 0 Å². The summed E-state index contributed by atoms with van der Waals surface area (Å²) in [5.74, 6) is 0.169. The first-order valence-corrected chi connectivity index (χ1v) is 10.5. The van der Waals surface area contributed by atoms with Crippen molar-refractivity contribution in [2.45, 2.75) is 13.0 Å². The topological polar surface area (TPSA) is 69.0 Å². The minimum atomic E-state index is -0.765. The second-order valence-electron chi connectivity index (χ2n) is 7.60. The van der Waals surface area contributed by atoms with Crippen molar-refractivity contribution in [3.05, 3.63) is 99.7 Å². The van der Waals surface area contributed by atoms with Gasteiger partial charge in [0.1, 0.15) is 22.9 Å². The fourth-order valence-electron chi connectivity index (χ4n) is 4.20. The fourth-order valence-corrected chi connectivity index (χ4v) is 4.20. The zero-order chi connectivity index (χ0) is 23.1. The van der Waals surface area contributed by atoms with Crippen molar-refractivity contribution >= 4 is 22.6 Å². The quantitative estimate of drug-likeness (QED) is 0.428. The molecule has 0 N–H and O–H groups in total. The van der Waals surface area contributed by atoms with Crippen molar-refractivity contribution in [1.29, 1.82) is 0 Å². The van der Waals surface area contributed by atoms with Gasteiger partial charge >= 0.3 is 0 Å². The number of hydrogen-bond donors (Lipinski definition) is 0. The Labute approximate surface area is 188 Å². The Hall–Kier alpha value is -4.13. The number of carbonyl (C=O) groups is 1. The second-order valence-corrected chi connectivity index (χ2v) is 7.60. The lowest BCUT2D eigenvalue weighted by atomic mass is 9.98. The minimum Gasteiger partial charge on any atom is -0.497 e. The minimum absolute atomic E-state index is 0.0548. The van der Waals surface area contributed by atoms with Crippen LogP contribution < -0.4 is 19.8 Å². The Morgan fingerprint density at radius 2 is 1.79 bits per heavy atom. The van der Waals surface area contributed by atoms with Gasteiger partial charge in [-0.1, -0.05) is 18.2 Å². The molecule has 1 aliphatic rings. The first-order chi connectivity index (χ1) is 16.0. The first kappa shape index (κ1) is 20.8. The van der Waals surface area contributed by atoms with E-state index in [1.54, 1.807) is 48.5 Å². The highest BCUT2D eigenvalue weighted by molar-refractivity contribution is 6.10. The molecular weight excluding hydrogens is 425 g/mol. The van der Waals surface area contributed by atoms with Crippen LogP contribution in [-0.4, -0.2) is 19.6 Å². The summed E-state index contributed by atoms with van der Waals surface area (Å²) in [5.41, 5.74) is 1.12. The molecule has 1 atom stereocenters. The van der Waals surface area contributed by atoms with Crippen molar-refractivity contribution in [2.75, 3.05) is 18.6 Å². The monoisotopic (exact) mass is 445 g/mol. The molecule has 0 aliphatic carbocycles. The van der Waals surface area contributed by atoms with Gasteiger partial charge in [-0.25, -0.2) is 4.39 Å². The van der Waals surface area contributed by atoms with E-state index in [1.807, 2.05) is 6.92 Å². The van der Waals surface area contributed by atoms with Crippen molar-refractivity contribution in [3.8, 4) is 11.5 Å². The highest BCUT2D eigenvalue weighted by Gasteiger charge is 2.43. The molecule has 0 fully saturated rings. The summed E-state index contributed by atoms with van der Waals surface area (Å²) in [5, 5.41) is 0.0879. The van der Waals surface area contributed by atoms with Crippen LogP contribution in [0.15, 0.2) is 75.9 Å². The van der Waals surface area contributed by atoms with E-state index in [0.29, 0.717) is 29.4 Å². The molecule has 0 saturated carbocycles. The second kappa shape index (κ2) is 8.09. The number of nitrogens with zero attached hydrogens (tertiary/aromatic N) is 1. The van der Waals surface area contributed by atoms with Crippen LogP contribution >= 0.6 is 0 Å². The zero-order valence-electron chi connectivity index (χ0n) is 18.0. The van der Waals surface area contributed by atoms with E-state index in [-0.39, 0.29) is 22.3 Å². The third-order valence-electron chi connectivity index (χ3n) is 5.67. The maximum absolute atomic E-state index is 13.9. The third kappa shape index (κ3) is 3.42. The Morgan fingerprint density at radius 3 is 2.52 bits per heavy atom. The van der Waals surface area contributed by atoms with E-state index < -0.39 is 23.2 Å². The van der Waals surface area contributed by atoms with Crippen LogP contribution in [0.3, 0.4) is 0 Å². The lowest BCUT2D eigenvalue weighted by Gasteiger charge is -2.25. The molecule has 3 aromatic carbocycles. The summed E-state index contributed by atoms with van der Waals surface area (Å²) in [6.45, 7) is 2.40. The molecule has 1 aliphatic heterocycles. The van der Waals surface area contributed by atoms with Gasteiger partial charge in [0.25, 0.3) is 5.91 Å². The molecule has 33 heavy (non-hydrogen) atoms. The van der Waals surface area contributed by atoms with Crippen molar-refractivity contribution < 1.29 is 23.1 Å². The molecule has 166 valence electrons. The molecule has 4 aromatic rings. The summed E-state index contributed by atoms with van der Waals surface area (Å²) >= 11 is 0. The summed E-state index contributed by atoms with van der Waals surface area (Å²) in [7, 11) is 1.54. The number of fused-ring (bicyclic) bond motifs is 2. The number of carbonyl (C=O) groups excluding carboxylic acids is 1. The van der Waals surface area contributed by atoms with E-state index in [2.05, 4.69) is 0 Å². The zero-order valence-corrected chi connectivity index (χ0v) is 18.0. The molecule has 6 nitrogen and oxygen atoms in total. The van der Waals surface area contributed by atoms with Crippen LogP contribution in [0.4, 0.5) is 10.1 Å². The molecule has 5 rings (SSSR count). The summed E-state index contributed by atoms with van der Waals surface area (Å²) in [6, 6.07) is 17.1. The average Bonchev–Trinajstić information content (AvgIpc) is 3.13. The molecule has 1 unspecified atom stereocenters. The van der Waals surface area contributed by atoms with Gasteiger partial charge in [0.05, 0.1) is 30.7 Å². The van der Waals surface area contributed by atoms with Crippen molar-refractivity contribution in [1.82, 2.24) is 0 Å². The Kier molecular flexibility index (Phi) is 5.09. The highest BCUT2D eigenvalue weighted by atomic mass is 19.1. The number of ether oxygens (including phenoxy) is 2. The Balaban J connectivity index is 1.76. The molecule has 0 bridgehead atoms. The SMILES string of the molecule is CCOc1ccc(C2c3c(oc4ccc(F)cc4c3=O)C(=O)N2c2cccc(OC)c2)cc1. The van der Waals surface area contributed by atoms with Gasteiger partial charge in [-0.15, -0.1) is 0 Å². The van der Waals surface area contributed by atoms with Gasteiger partial charge in [0.15, 0.2) is 5.43 Å². The van der Waals surface area contributed by atoms with Crippen LogP contribution in [0.25, 0.3) is 11.0 Å². The number of hydrogen-bond acceptors (Lipinski definition) is 5. The van der Waals surface area contributed by atoms with Gasteiger partial charge in [-0.05, 0) is 55.0 Å². The van der Waals surface area contributed by atoms with E-state index in [4.69, 9.17) is 13.9 Å². The average molecular weight is 445 g/mol. The van der Waals surface area contributed by atoms with Crippen LogP contribution in [0.5, 0.6) is 11.5 Å². The molecule has 2 heterocycles. The van der Waals surface area contributed by atoms with Gasteiger partial charge in [0.2, 0.25) is 5.76 Å². The van der Waals surface area contributed by atoms with Crippen molar-refractivity contribution in [2.24, 2.45) is 0 Å². The molecule has 7 heteroatoms. The summed E-state index contributed by atoms with van der Waals surface area (Å²) in [6.07, 6.45) is 0. The highest BCUT2D eigenvalue weighted by Crippen LogP contribution is 2.42. The van der Waals surface area contributed by atoms with Gasteiger partial charge in [-0.3, -0.25) is 14.5 Å². The van der Waals surface area contributed by atoms with E-state index in [0.717, 1.165) is 6.07 Å². The maximum atomic E-state index is 13.9. The maximum Gasteiger partial charge on any atom is 0.295 e. The number of rotatable bonds is 5. The first-order valence-electron chi connectivity index (χ1n) is 10.5. The lowest BCUT2D eigenvalue weighted by molar-refractivity contribution is 0.0971. The van der Waals surface area contributed by atoms with Crippen LogP contribution in [-0.2, 0) is 0 Å². The van der Waals surface area contributed by atoms with Crippen LogP contribution in [0, 0.1) is 5.82 Å². The Morgan fingerprint density at radius 1 is 1.00 bits per heavy atom. The van der Waals surface area contributed by atoms with Gasteiger partial charge in [0, 0.05) is 11.8 Å². The predicted octanol–water partition coefficient (Wildman–Crippen LogP) is 5.09. The molecule has 1 aromatic heterocycles. The number of anilines is 1. The van der Waals surface area contributed by atoms with Crippen LogP contribution in [0.1, 0.15) is 34.6 Å². The van der Waals surface area contributed by atoms with E-state index in [1.165, 1.54) is 24.1 Å². The summed E-state index contributed by atoms with van der Waals surface area (Å²) < 4.78 is 30.6. The van der Waals surface area contributed by atoms with Gasteiger partial charge < -0.3 is 13.9 Å². The Bertz CT molecular complexity index is 1430. The predicted molar refractivity (Wildman–Crippen MR) is 122 cm³/mol. The molecule has 0 saturated heterocycles. The van der Waals surface area contributed by atoms with Crippen LogP contribution in [0.2, 0.25) is 0 Å². The largest absolute Gasteiger partial charge is 0.497 e. The number of amides is 1. The standard InChI is InChI=1S/C26H20FNO5/c1-3-32-18-10-7-15(8-11-18)23-22-24(29)20-13-16(27)9-12-21(20)33-25(22)26(30)28(23)17-5-4-6-19(14-17)31-2/h4-14,23H,3H2,1-2H3. The molecule has 0 spiro atoms. The van der Waals surface area contributed by atoms with E-state index >= 15 is 0 Å².